The molecule has 2 aliphatic rings. The average molecular weight is 412 g/mol. The van der Waals surface area contributed by atoms with E-state index in [0.29, 0.717) is 18.7 Å². The van der Waals surface area contributed by atoms with Crippen LogP contribution in [0.5, 0.6) is 0 Å². The second-order valence-corrected chi connectivity index (χ2v) is 7.79. The van der Waals surface area contributed by atoms with Crippen LogP contribution in [0.2, 0.25) is 0 Å². The van der Waals surface area contributed by atoms with Gasteiger partial charge in [-0.1, -0.05) is 25.1 Å². The van der Waals surface area contributed by atoms with Gasteiger partial charge in [0.15, 0.2) is 5.41 Å². The number of nitrogens with one attached hydrogen (secondary N) is 2. The van der Waals surface area contributed by atoms with E-state index in [1.807, 2.05) is 31.2 Å². The molecule has 1 aliphatic heterocycles. The van der Waals surface area contributed by atoms with Gasteiger partial charge in [-0.3, -0.25) is 0 Å². The minimum absolute atomic E-state index is 0.164. The summed E-state index contributed by atoms with van der Waals surface area (Å²) in [5, 5.41) is 38.2. The van der Waals surface area contributed by atoms with E-state index in [4.69, 9.17) is 5.41 Å². The van der Waals surface area contributed by atoms with Crippen LogP contribution in [0.1, 0.15) is 30.4 Å². The van der Waals surface area contributed by atoms with E-state index in [9.17, 15) is 29.0 Å². The van der Waals surface area contributed by atoms with Crippen molar-refractivity contribution < 1.29 is 18.1 Å². The summed E-state index contributed by atoms with van der Waals surface area (Å²) >= 11 is 0. The fraction of sp³-hybridized carbons (Fsp3) is 0.455. The molecule has 0 radical (unpaired) electrons. The van der Waals surface area contributed by atoms with E-state index >= 15 is 0 Å². The Bertz CT molecular complexity index is 991. The first-order valence-corrected chi connectivity index (χ1v) is 9.75. The lowest BCUT2D eigenvalue weighted by molar-refractivity contribution is -0.899. The van der Waals surface area contributed by atoms with E-state index < -0.39 is 40.6 Å². The molecule has 3 rings (SSSR count). The van der Waals surface area contributed by atoms with Crippen molar-refractivity contribution in [2.24, 2.45) is 17.3 Å². The summed E-state index contributed by atoms with van der Waals surface area (Å²) < 4.78 is 41.5. The molecule has 1 aromatic rings. The molecule has 5 nitrogen and oxygen atoms in total. The third kappa shape index (κ3) is 3.26. The summed E-state index contributed by atoms with van der Waals surface area (Å²) in [6.07, 6.45) is -1.98. The highest BCUT2D eigenvalue weighted by Gasteiger charge is 2.59. The summed E-state index contributed by atoms with van der Waals surface area (Å²) in [5.41, 5.74) is -3.08. The maximum atomic E-state index is 13.8. The van der Waals surface area contributed by atoms with Gasteiger partial charge in [-0.25, -0.2) is 0 Å². The van der Waals surface area contributed by atoms with Crippen molar-refractivity contribution >= 4 is 5.71 Å². The Hall–Kier alpha value is -3.15. The quantitative estimate of drug-likeness (QED) is 0.747. The van der Waals surface area contributed by atoms with Gasteiger partial charge in [-0.15, -0.1) is 0 Å². The Labute approximate surface area is 173 Å². The normalized spacial score (nSPS) is 27.8. The number of quaternary nitrogens is 1. The summed E-state index contributed by atoms with van der Waals surface area (Å²) in [6.45, 7) is 3.80. The highest BCUT2D eigenvalue weighted by Crippen LogP contribution is 2.54. The van der Waals surface area contributed by atoms with Crippen molar-refractivity contribution in [1.29, 1.82) is 21.2 Å². The van der Waals surface area contributed by atoms with Crippen LogP contribution in [-0.4, -0.2) is 25.3 Å². The molecule has 1 heterocycles. The van der Waals surface area contributed by atoms with Crippen LogP contribution >= 0.6 is 0 Å². The number of fused-ring (bicyclic) bond motifs is 1. The molecular weight excluding hydrogens is 391 g/mol. The molecule has 2 N–H and O–H groups in total. The number of nitriles is 3. The van der Waals surface area contributed by atoms with Crippen molar-refractivity contribution in [3.63, 3.8) is 0 Å². The molecule has 154 valence electrons. The lowest BCUT2D eigenvalue weighted by atomic mass is 9.54. The van der Waals surface area contributed by atoms with Crippen LogP contribution < -0.4 is 4.90 Å². The molecular formula is C22H21F3N5+. The van der Waals surface area contributed by atoms with Gasteiger partial charge in [0.2, 0.25) is 0 Å². The van der Waals surface area contributed by atoms with Gasteiger partial charge in [-0.05, 0) is 29.7 Å². The van der Waals surface area contributed by atoms with Crippen molar-refractivity contribution in [3.05, 3.63) is 47.0 Å². The Morgan fingerprint density at radius 3 is 2.43 bits per heavy atom. The molecule has 1 fully saturated rings. The van der Waals surface area contributed by atoms with Crippen LogP contribution in [-0.2, 0) is 6.18 Å². The van der Waals surface area contributed by atoms with E-state index in [2.05, 4.69) is 0 Å². The Morgan fingerprint density at radius 2 is 1.87 bits per heavy atom. The van der Waals surface area contributed by atoms with Crippen molar-refractivity contribution in [2.75, 3.05) is 19.6 Å². The number of halogens is 3. The first-order valence-electron chi connectivity index (χ1n) is 9.75. The van der Waals surface area contributed by atoms with Crippen LogP contribution in [0.3, 0.4) is 0 Å². The highest BCUT2D eigenvalue weighted by atomic mass is 19.4. The predicted octanol–water partition coefficient (Wildman–Crippen LogP) is 2.85. The highest BCUT2D eigenvalue weighted by molar-refractivity contribution is 6.00. The van der Waals surface area contributed by atoms with Gasteiger partial charge in [0, 0.05) is 11.8 Å². The molecule has 30 heavy (non-hydrogen) atoms. The topological polar surface area (TPSA) is 99.7 Å². The van der Waals surface area contributed by atoms with Gasteiger partial charge >= 0.3 is 6.18 Å². The van der Waals surface area contributed by atoms with Crippen LogP contribution in [0, 0.1) is 56.7 Å². The third-order valence-corrected chi connectivity index (χ3v) is 6.17. The smallest absolute Gasteiger partial charge is 0.331 e. The van der Waals surface area contributed by atoms with Crippen molar-refractivity contribution in [2.45, 2.75) is 25.4 Å². The third-order valence-electron chi connectivity index (χ3n) is 6.17. The largest absolute Gasteiger partial charge is 0.416 e. The molecule has 0 aromatic heterocycles. The first-order chi connectivity index (χ1) is 14.2. The van der Waals surface area contributed by atoms with E-state index in [1.54, 1.807) is 0 Å². The number of nitrogens with zero attached hydrogens (tertiary/aromatic N) is 3. The Morgan fingerprint density at radius 1 is 1.20 bits per heavy atom. The number of rotatable bonds is 3. The molecule has 0 saturated heterocycles. The SMILES string of the molecule is CCC[NH+]1CC=C2C(C#N)C(=N)C(C#N)(C#N)[C@H](c3ccccc3C(F)(F)F)[C@@H]2C1. The Kier molecular flexibility index (Phi) is 5.70. The van der Waals surface area contributed by atoms with Gasteiger partial charge < -0.3 is 10.3 Å². The molecule has 0 spiro atoms. The summed E-state index contributed by atoms with van der Waals surface area (Å²) in [5.74, 6) is -2.87. The zero-order valence-corrected chi connectivity index (χ0v) is 16.4. The van der Waals surface area contributed by atoms with Crippen LogP contribution in [0.4, 0.5) is 13.2 Å². The monoisotopic (exact) mass is 412 g/mol. The minimum Gasteiger partial charge on any atom is -0.331 e. The average Bonchev–Trinajstić information content (AvgIpc) is 2.73. The maximum absolute atomic E-state index is 13.8. The molecule has 4 atom stereocenters. The molecule has 8 heteroatoms. The summed E-state index contributed by atoms with van der Waals surface area (Å²) in [6, 6.07) is 10.7. The number of hydrogen-bond donors (Lipinski definition) is 2. The van der Waals surface area contributed by atoms with Crippen LogP contribution in [0.25, 0.3) is 0 Å². The van der Waals surface area contributed by atoms with Gasteiger partial charge in [0.1, 0.15) is 5.92 Å². The molecule has 1 saturated carbocycles. The van der Waals surface area contributed by atoms with Gasteiger partial charge in [0.05, 0.1) is 49.1 Å². The number of alkyl halides is 3. The lowest BCUT2D eigenvalue weighted by Crippen LogP contribution is -3.13. The van der Waals surface area contributed by atoms with Crippen molar-refractivity contribution in [1.82, 2.24) is 0 Å². The second-order valence-electron chi connectivity index (χ2n) is 7.79. The number of hydrogen-bond acceptors (Lipinski definition) is 4. The predicted molar refractivity (Wildman–Crippen MR) is 102 cm³/mol. The minimum atomic E-state index is -4.67. The van der Waals surface area contributed by atoms with E-state index in [-0.39, 0.29) is 5.56 Å². The summed E-state index contributed by atoms with van der Waals surface area (Å²) in [4.78, 5) is 1.12. The van der Waals surface area contributed by atoms with E-state index in [0.717, 1.165) is 23.9 Å². The van der Waals surface area contributed by atoms with Gasteiger partial charge in [0.25, 0.3) is 0 Å². The van der Waals surface area contributed by atoms with Crippen LogP contribution in [0.15, 0.2) is 35.9 Å². The number of benzene rings is 1. The zero-order chi connectivity index (χ0) is 22.1. The Balaban J connectivity index is 2.30. The van der Waals surface area contributed by atoms with Crippen molar-refractivity contribution in [3.8, 4) is 18.2 Å². The molecule has 1 aromatic carbocycles. The molecule has 2 unspecified atom stereocenters. The first kappa shape index (κ1) is 21.6. The fourth-order valence-electron chi connectivity index (χ4n) is 4.89. The molecule has 0 amide bonds. The second kappa shape index (κ2) is 7.94. The fourth-order valence-corrected chi connectivity index (χ4v) is 4.89. The van der Waals surface area contributed by atoms with E-state index in [1.165, 1.54) is 18.2 Å². The molecule has 1 aliphatic carbocycles. The zero-order valence-electron chi connectivity index (χ0n) is 16.4. The maximum Gasteiger partial charge on any atom is 0.416 e. The van der Waals surface area contributed by atoms with Gasteiger partial charge in [-0.2, -0.15) is 29.0 Å². The summed E-state index contributed by atoms with van der Waals surface area (Å²) in [7, 11) is 0. The standard InChI is InChI=1S/C22H20F3N5/c1-2-8-30-9-7-14-16(10-26)20(29)21(12-27,13-28)19(17(14)11-30)15-5-3-4-6-18(15)22(23,24)25/h3-7,16-17,19,29H,2,8-9,11H2,1H3/p+1/t16?,17-,19-/m1/s1. The molecule has 0 bridgehead atoms. The lowest BCUT2D eigenvalue weighted by Gasteiger charge is -2.46.